The highest BCUT2D eigenvalue weighted by molar-refractivity contribution is 5.91. The number of hydrogen-bond acceptors (Lipinski definition) is 5. The second-order valence-electron chi connectivity index (χ2n) is 6.25. The minimum atomic E-state index is -0.286. The third kappa shape index (κ3) is 4.94. The number of rotatable bonds is 9. The first-order valence-electron chi connectivity index (χ1n) is 9.37. The summed E-state index contributed by atoms with van der Waals surface area (Å²) in [5.41, 5.74) is 0.806. The lowest BCUT2D eigenvalue weighted by Crippen LogP contribution is -2.26. The van der Waals surface area contributed by atoms with E-state index in [-0.39, 0.29) is 24.3 Å². The lowest BCUT2D eigenvalue weighted by atomic mass is 10.2. The van der Waals surface area contributed by atoms with Crippen LogP contribution in [0.25, 0.3) is 0 Å². The molecule has 0 aliphatic rings. The average Bonchev–Trinajstić information content (AvgIpc) is 3.37. The Morgan fingerprint density at radius 2 is 1.82 bits per heavy atom. The van der Waals surface area contributed by atoms with E-state index in [2.05, 4.69) is 10.4 Å². The van der Waals surface area contributed by atoms with Crippen molar-refractivity contribution < 1.29 is 18.7 Å². The number of aryl methyl sites for hydroxylation is 1. The Bertz CT molecular complexity index is 899. The van der Waals surface area contributed by atoms with Crippen molar-refractivity contribution >= 4 is 5.91 Å². The molecule has 7 nitrogen and oxygen atoms in total. The van der Waals surface area contributed by atoms with E-state index in [9.17, 15) is 4.79 Å². The number of aromatic nitrogens is 2. The molecule has 28 heavy (non-hydrogen) atoms. The van der Waals surface area contributed by atoms with E-state index >= 15 is 0 Å². The van der Waals surface area contributed by atoms with Crippen LogP contribution in [0.4, 0.5) is 0 Å². The first-order chi connectivity index (χ1) is 13.6. The molecule has 0 spiro atoms. The molecule has 3 aromatic rings. The summed E-state index contributed by atoms with van der Waals surface area (Å²) in [7, 11) is 0. The quantitative estimate of drug-likeness (QED) is 0.605. The van der Waals surface area contributed by atoms with Gasteiger partial charge in [-0.15, -0.1) is 0 Å². The molecule has 0 bridgehead atoms. The summed E-state index contributed by atoms with van der Waals surface area (Å²) in [6.07, 6.45) is 1.89. The molecule has 3 rings (SSSR count). The molecule has 0 aliphatic carbocycles. The maximum atomic E-state index is 12.4. The molecule has 1 amide bonds. The van der Waals surface area contributed by atoms with Gasteiger partial charge in [-0.1, -0.05) is 0 Å². The summed E-state index contributed by atoms with van der Waals surface area (Å²) in [4.78, 5) is 12.4. The zero-order valence-corrected chi connectivity index (χ0v) is 16.3. The molecule has 148 valence electrons. The van der Waals surface area contributed by atoms with E-state index in [1.165, 1.54) is 0 Å². The Kier molecular flexibility index (Phi) is 6.37. The first-order valence-corrected chi connectivity index (χ1v) is 9.37. The molecule has 1 N–H and O–H groups in total. The number of ether oxygens (including phenoxy) is 2. The molecule has 0 fully saturated rings. The molecular weight excluding hydrogens is 358 g/mol. The fourth-order valence-electron chi connectivity index (χ4n) is 2.66. The molecule has 0 radical (unpaired) electrons. The maximum Gasteiger partial charge on any atom is 0.287 e. The minimum Gasteiger partial charge on any atom is -0.494 e. The van der Waals surface area contributed by atoms with Crippen LogP contribution in [0.3, 0.4) is 0 Å². The van der Waals surface area contributed by atoms with Crippen LogP contribution in [-0.4, -0.2) is 22.3 Å². The molecule has 7 heteroatoms. The summed E-state index contributed by atoms with van der Waals surface area (Å²) < 4.78 is 18.5. The van der Waals surface area contributed by atoms with Crippen molar-refractivity contribution in [2.24, 2.45) is 0 Å². The predicted molar refractivity (Wildman–Crippen MR) is 104 cm³/mol. The summed E-state index contributed by atoms with van der Waals surface area (Å²) in [6, 6.07) is 12.4. The normalized spacial score (nSPS) is 11.8. The van der Waals surface area contributed by atoms with Gasteiger partial charge >= 0.3 is 0 Å². The van der Waals surface area contributed by atoms with Crippen LogP contribution in [0.1, 0.15) is 48.8 Å². The van der Waals surface area contributed by atoms with Crippen LogP contribution >= 0.6 is 0 Å². The number of hydrogen-bond donors (Lipinski definition) is 1. The number of carbonyl (C=O) groups is 1. The lowest BCUT2D eigenvalue weighted by molar-refractivity contribution is 0.0907. The van der Waals surface area contributed by atoms with Gasteiger partial charge in [-0.2, -0.15) is 5.10 Å². The Morgan fingerprint density at radius 3 is 2.46 bits per heavy atom. The molecule has 0 saturated carbocycles. The molecular formula is C21H25N3O4. The number of nitrogens with zero attached hydrogens (tertiary/aromatic N) is 2. The minimum absolute atomic E-state index is 0.214. The first kappa shape index (κ1) is 19.5. The van der Waals surface area contributed by atoms with Crippen molar-refractivity contribution in [3.8, 4) is 11.5 Å². The Labute approximate surface area is 164 Å². The van der Waals surface area contributed by atoms with Crippen LogP contribution in [0.5, 0.6) is 11.5 Å². The van der Waals surface area contributed by atoms with Crippen molar-refractivity contribution in [2.75, 3.05) is 6.61 Å². The van der Waals surface area contributed by atoms with Crippen molar-refractivity contribution in [1.29, 1.82) is 0 Å². The van der Waals surface area contributed by atoms with Crippen LogP contribution in [0.2, 0.25) is 0 Å². The Morgan fingerprint density at radius 1 is 1.11 bits per heavy atom. The topological polar surface area (TPSA) is 78.5 Å². The van der Waals surface area contributed by atoms with Gasteiger partial charge in [-0.05, 0) is 63.2 Å². The van der Waals surface area contributed by atoms with Crippen LogP contribution in [-0.2, 0) is 13.2 Å². The third-order valence-corrected chi connectivity index (χ3v) is 4.18. The Balaban J connectivity index is 1.53. The van der Waals surface area contributed by atoms with Crippen LogP contribution in [0, 0.1) is 0 Å². The number of carbonyl (C=O) groups excluding carboxylic acids is 1. The van der Waals surface area contributed by atoms with Gasteiger partial charge in [-0.3, -0.25) is 9.48 Å². The molecule has 2 heterocycles. The highest BCUT2D eigenvalue weighted by atomic mass is 16.5. The second kappa shape index (κ2) is 9.12. The lowest BCUT2D eigenvalue weighted by Gasteiger charge is -2.10. The zero-order valence-electron chi connectivity index (χ0n) is 16.3. The van der Waals surface area contributed by atoms with E-state index in [1.807, 2.05) is 62.0 Å². The van der Waals surface area contributed by atoms with E-state index in [0.29, 0.717) is 18.1 Å². The third-order valence-electron chi connectivity index (χ3n) is 4.18. The van der Waals surface area contributed by atoms with Gasteiger partial charge < -0.3 is 19.2 Å². The second-order valence-corrected chi connectivity index (χ2v) is 6.25. The van der Waals surface area contributed by atoms with Crippen molar-refractivity contribution in [2.45, 2.75) is 40.0 Å². The van der Waals surface area contributed by atoms with Gasteiger partial charge in [0.25, 0.3) is 5.91 Å². The maximum absolute atomic E-state index is 12.4. The summed E-state index contributed by atoms with van der Waals surface area (Å²) in [5, 5.41) is 7.30. The van der Waals surface area contributed by atoms with Gasteiger partial charge in [0.1, 0.15) is 23.9 Å². The van der Waals surface area contributed by atoms with Crippen molar-refractivity contribution in [3.63, 3.8) is 0 Å². The van der Waals surface area contributed by atoms with Gasteiger partial charge in [0.2, 0.25) is 0 Å². The van der Waals surface area contributed by atoms with Crippen LogP contribution < -0.4 is 14.8 Å². The summed E-state index contributed by atoms with van der Waals surface area (Å²) in [5.74, 6) is 2.02. The van der Waals surface area contributed by atoms with E-state index in [0.717, 1.165) is 18.0 Å². The van der Waals surface area contributed by atoms with Gasteiger partial charge in [-0.25, -0.2) is 0 Å². The van der Waals surface area contributed by atoms with Gasteiger partial charge in [0.15, 0.2) is 5.76 Å². The summed E-state index contributed by atoms with van der Waals surface area (Å²) in [6.45, 7) is 7.48. The molecule has 1 aromatic carbocycles. The van der Waals surface area contributed by atoms with Crippen molar-refractivity contribution in [1.82, 2.24) is 15.1 Å². The van der Waals surface area contributed by atoms with E-state index in [4.69, 9.17) is 13.9 Å². The molecule has 1 unspecified atom stereocenters. The number of benzene rings is 1. The number of amides is 1. The van der Waals surface area contributed by atoms with E-state index < -0.39 is 0 Å². The highest BCUT2D eigenvalue weighted by Gasteiger charge is 2.16. The van der Waals surface area contributed by atoms with Crippen molar-refractivity contribution in [3.05, 3.63) is 65.9 Å². The number of furan rings is 1. The predicted octanol–water partition coefficient (Wildman–Crippen LogP) is 3.96. The SMILES string of the molecule is CCOc1ccc(OCc2ccc(C(=O)NC(C)c3ccn(CC)n3)o2)cc1. The monoisotopic (exact) mass is 383 g/mol. The molecule has 2 aromatic heterocycles. The van der Waals surface area contributed by atoms with E-state index in [1.54, 1.807) is 12.1 Å². The summed E-state index contributed by atoms with van der Waals surface area (Å²) >= 11 is 0. The van der Waals surface area contributed by atoms with Gasteiger partial charge in [0.05, 0.1) is 18.3 Å². The average molecular weight is 383 g/mol. The molecule has 1 atom stereocenters. The smallest absolute Gasteiger partial charge is 0.287 e. The molecule has 0 aliphatic heterocycles. The largest absolute Gasteiger partial charge is 0.494 e. The standard InChI is InChI=1S/C21H25N3O4/c1-4-24-13-12-19(23-24)15(3)22-21(25)20-11-10-18(28-20)14-27-17-8-6-16(7-9-17)26-5-2/h6-13,15H,4-5,14H2,1-3H3,(H,22,25). The highest BCUT2D eigenvalue weighted by Crippen LogP contribution is 2.19. The number of nitrogens with one attached hydrogen (secondary N) is 1. The van der Waals surface area contributed by atoms with Gasteiger partial charge in [0, 0.05) is 12.7 Å². The Hall–Kier alpha value is -3.22. The zero-order chi connectivity index (χ0) is 19.9. The fraction of sp³-hybridized carbons (Fsp3) is 0.333. The fourth-order valence-corrected chi connectivity index (χ4v) is 2.66. The van der Waals surface area contributed by atoms with Crippen LogP contribution in [0.15, 0.2) is 53.1 Å². The molecule has 0 saturated heterocycles.